The Balaban J connectivity index is 0.00000341. The third-order valence-electron chi connectivity index (χ3n) is 4.38. The van der Waals surface area contributed by atoms with Crippen LogP contribution in [0.1, 0.15) is 21.6 Å². The van der Waals surface area contributed by atoms with Crippen molar-refractivity contribution >= 4 is 24.0 Å². The van der Waals surface area contributed by atoms with Gasteiger partial charge < -0.3 is 15.2 Å². The Bertz CT molecular complexity index is 946. The van der Waals surface area contributed by atoms with Gasteiger partial charge in [0.25, 0.3) is 6.43 Å². The smallest absolute Gasteiger partial charge is 0.269 e. The summed E-state index contributed by atoms with van der Waals surface area (Å²) in [5.41, 5.74) is 3.10. The number of carbonyl (C=O) groups excluding carboxylic acids is 1. The van der Waals surface area contributed by atoms with Crippen molar-refractivity contribution in [3.8, 4) is 5.88 Å². The fraction of sp³-hybridized carbons (Fsp3) is 0.368. The Hall–Kier alpha value is -2.79. The molecule has 1 atom stereocenters. The summed E-state index contributed by atoms with van der Waals surface area (Å²) in [6.07, 6.45) is -1.01. The van der Waals surface area contributed by atoms with Crippen molar-refractivity contribution in [1.29, 1.82) is 0 Å². The zero-order valence-electron chi connectivity index (χ0n) is 16.1. The number of ketones is 1. The maximum Gasteiger partial charge on any atom is 0.269 e. The Kier molecular flexibility index (Phi) is 8.28. The molecule has 0 bridgehead atoms. The minimum Gasteiger partial charge on any atom is -0.474 e. The average molecular weight is 463 g/mol. The molecular formula is C19H19ClF4N4O3. The fourth-order valence-corrected chi connectivity index (χ4v) is 2.97. The summed E-state index contributed by atoms with van der Waals surface area (Å²) in [7, 11) is 0. The second-order valence-corrected chi connectivity index (χ2v) is 6.51. The average Bonchev–Trinajstić information content (AvgIpc) is 2.73. The molecule has 12 heteroatoms. The van der Waals surface area contributed by atoms with Crippen molar-refractivity contribution in [1.82, 2.24) is 9.97 Å². The van der Waals surface area contributed by atoms with Crippen LogP contribution in [0.2, 0.25) is 0 Å². The summed E-state index contributed by atoms with van der Waals surface area (Å²) in [5, 5.41) is 0. The first kappa shape index (κ1) is 24.5. The second-order valence-electron chi connectivity index (χ2n) is 6.51. The minimum atomic E-state index is -3.08. The predicted molar refractivity (Wildman–Crippen MR) is 105 cm³/mol. The Morgan fingerprint density at radius 3 is 2.68 bits per heavy atom. The van der Waals surface area contributed by atoms with Crippen LogP contribution in [0.5, 0.6) is 5.88 Å². The summed E-state index contributed by atoms with van der Waals surface area (Å²) in [4.78, 5) is 24.0. The summed E-state index contributed by atoms with van der Waals surface area (Å²) >= 11 is 0. The zero-order valence-corrected chi connectivity index (χ0v) is 16.9. The van der Waals surface area contributed by atoms with Crippen LogP contribution in [0, 0.1) is 5.82 Å². The highest BCUT2D eigenvalue weighted by Crippen LogP contribution is 2.37. The van der Waals surface area contributed by atoms with Gasteiger partial charge in [-0.05, 0) is 17.7 Å². The van der Waals surface area contributed by atoms with E-state index in [-0.39, 0.29) is 55.0 Å². The lowest BCUT2D eigenvalue weighted by Gasteiger charge is -2.33. The number of rotatable bonds is 8. The number of nitrogens with zero attached hydrogens (tertiary/aromatic N) is 3. The lowest BCUT2D eigenvalue weighted by Crippen LogP contribution is -2.45. The van der Waals surface area contributed by atoms with Crippen LogP contribution in [0.15, 0.2) is 35.6 Å². The number of hydrogen-bond acceptors (Lipinski definition) is 7. The number of amidine groups is 1. The molecule has 7 nitrogen and oxygen atoms in total. The third kappa shape index (κ3) is 5.47. The molecule has 0 saturated carbocycles. The van der Waals surface area contributed by atoms with Gasteiger partial charge >= 0.3 is 0 Å². The van der Waals surface area contributed by atoms with E-state index in [2.05, 4.69) is 15.0 Å². The molecule has 0 saturated heterocycles. The van der Waals surface area contributed by atoms with Gasteiger partial charge in [0.05, 0.1) is 19.0 Å². The molecule has 0 unspecified atom stereocenters. The van der Waals surface area contributed by atoms with E-state index >= 15 is 0 Å². The number of ether oxygens (including phenoxy) is 2. The molecule has 1 aliphatic rings. The van der Waals surface area contributed by atoms with Crippen LogP contribution in [-0.4, -0.2) is 54.5 Å². The lowest BCUT2D eigenvalue weighted by molar-refractivity contribution is -0.0146. The number of nitrogens with two attached hydrogens (primary N) is 1. The van der Waals surface area contributed by atoms with Crippen LogP contribution in [-0.2, 0) is 16.7 Å². The quantitative estimate of drug-likeness (QED) is 0.478. The molecule has 0 aliphatic carbocycles. The summed E-state index contributed by atoms with van der Waals surface area (Å²) in [6.45, 7) is -1.57. The number of Topliss-reactive ketones (excluding diaryl/α,β-unsaturated/α-hetero) is 1. The number of alkyl halides is 3. The van der Waals surface area contributed by atoms with Gasteiger partial charge in [-0.2, -0.15) is 0 Å². The topological polar surface area (TPSA) is 99.7 Å². The highest BCUT2D eigenvalue weighted by Gasteiger charge is 2.46. The van der Waals surface area contributed by atoms with Gasteiger partial charge in [0.15, 0.2) is 11.3 Å². The molecule has 0 amide bonds. The van der Waals surface area contributed by atoms with Crippen LogP contribution in [0.3, 0.4) is 0 Å². The number of benzene rings is 1. The number of aromatic nitrogens is 2. The molecular weight excluding hydrogens is 444 g/mol. The van der Waals surface area contributed by atoms with Gasteiger partial charge in [0, 0.05) is 12.0 Å². The minimum absolute atomic E-state index is 0. The second kappa shape index (κ2) is 10.5. The Morgan fingerprint density at radius 2 is 2.06 bits per heavy atom. The van der Waals surface area contributed by atoms with Gasteiger partial charge in [-0.25, -0.2) is 27.5 Å². The van der Waals surface area contributed by atoms with E-state index in [1.165, 1.54) is 12.3 Å². The van der Waals surface area contributed by atoms with E-state index in [1.54, 1.807) is 0 Å². The molecule has 2 heterocycles. The van der Waals surface area contributed by atoms with E-state index in [4.69, 9.17) is 15.2 Å². The fourth-order valence-electron chi connectivity index (χ4n) is 2.97. The molecule has 0 spiro atoms. The Morgan fingerprint density at radius 1 is 1.29 bits per heavy atom. The number of hydrogen-bond donors (Lipinski definition) is 1. The molecule has 1 aliphatic heterocycles. The zero-order chi connectivity index (χ0) is 21.7. The van der Waals surface area contributed by atoms with Crippen molar-refractivity contribution in [2.45, 2.75) is 18.4 Å². The first-order chi connectivity index (χ1) is 14.4. The molecule has 2 N–H and O–H groups in total. The van der Waals surface area contributed by atoms with Crippen molar-refractivity contribution in [2.24, 2.45) is 10.7 Å². The summed E-state index contributed by atoms with van der Waals surface area (Å²) in [5.74, 6) is -1.51. The maximum absolute atomic E-state index is 14.4. The van der Waals surface area contributed by atoms with Crippen LogP contribution < -0.4 is 10.5 Å². The molecule has 168 valence electrons. The normalized spacial score (nSPS) is 18.3. The molecule has 0 fully saturated rings. The van der Waals surface area contributed by atoms with Crippen LogP contribution in [0.4, 0.5) is 17.6 Å². The number of carbonyl (C=O) groups is 1. The third-order valence-corrected chi connectivity index (χ3v) is 4.38. The van der Waals surface area contributed by atoms with Crippen molar-refractivity contribution in [3.05, 3.63) is 53.2 Å². The Labute approximate surface area is 181 Å². The van der Waals surface area contributed by atoms with E-state index in [0.29, 0.717) is 0 Å². The molecule has 3 rings (SSSR count). The molecule has 31 heavy (non-hydrogen) atoms. The first-order valence-corrected chi connectivity index (χ1v) is 8.88. The lowest BCUT2D eigenvalue weighted by atomic mass is 9.88. The molecule has 1 aromatic carbocycles. The van der Waals surface area contributed by atoms with E-state index < -0.39 is 42.4 Å². The van der Waals surface area contributed by atoms with Crippen LogP contribution >= 0.6 is 12.4 Å². The van der Waals surface area contributed by atoms with Gasteiger partial charge in [-0.1, -0.05) is 6.07 Å². The molecule has 2 aromatic rings. The standard InChI is InChI=1S/C19H18F4N4O3.ClH/c20-3-4-30-17-8-25-14(7-26-17)15(28)6-11-1-2-13(21)12(5-11)19(18(22)23)10-29-9-16(24)27-19;/h1-2,5,7-8,18H,3-4,6,9-10H2,(H2,24,27);1H/t19-;/m0./s1. The SMILES string of the molecule is Cl.NC1=N[C@@](c2cc(CC(=O)c3cnc(OCCF)cn3)ccc2F)(C(F)F)COC1. The van der Waals surface area contributed by atoms with E-state index in [0.717, 1.165) is 18.3 Å². The first-order valence-electron chi connectivity index (χ1n) is 8.88. The van der Waals surface area contributed by atoms with Crippen LogP contribution in [0.25, 0.3) is 0 Å². The number of halogens is 5. The summed E-state index contributed by atoms with van der Waals surface area (Å²) in [6, 6.07) is 3.44. The van der Waals surface area contributed by atoms with Gasteiger partial charge in [0.2, 0.25) is 5.88 Å². The summed E-state index contributed by atoms with van der Waals surface area (Å²) < 4.78 is 64.3. The van der Waals surface area contributed by atoms with Gasteiger partial charge in [-0.3, -0.25) is 9.79 Å². The van der Waals surface area contributed by atoms with Gasteiger partial charge in [0.1, 0.15) is 37.2 Å². The van der Waals surface area contributed by atoms with Gasteiger partial charge in [-0.15, -0.1) is 12.4 Å². The van der Waals surface area contributed by atoms with E-state index in [1.807, 2.05) is 0 Å². The highest BCUT2D eigenvalue weighted by atomic mass is 35.5. The van der Waals surface area contributed by atoms with Crippen molar-refractivity contribution in [3.63, 3.8) is 0 Å². The van der Waals surface area contributed by atoms with E-state index in [9.17, 15) is 22.4 Å². The maximum atomic E-state index is 14.4. The monoisotopic (exact) mass is 462 g/mol. The molecule has 0 radical (unpaired) electrons. The molecule has 1 aromatic heterocycles. The number of aliphatic imine (C=N–C) groups is 1. The highest BCUT2D eigenvalue weighted by molar-refractivity contribution is 5.95. The largest absolute Gasteiger partial charge is 0.474 e. The van der Waals surface area contributed by atoms with Crippen molar-refractivity contribution < 1.29 is 31.8 Å². The predicted octanol–water partition coefficient (Wildman–Crippen LogP) is 2.66. The van der Waals surface area contributed by atoms with Crippen molar-refractivity contribution in [2.75, 3.05) is 26.5 Å².